The minimum atomic E-state index is -1.42. The highest BCUT2D eigenvalue weighted by Gasteiger charge is 2.68. The van der Waals surface area contributed by atoms with Gasteiger partial charge in [0.25, 0.3) is 0 Å². The first-order chi connectivity index (χ1) is 8.02. The van der Waals surface area contributed by atoms with E-state index in [1.807, 2.05) is 30.3 Å². The largest absolute Gasteiger partial charge is 0.356 e. The fourth-order valence-corrected chi connectivity index (χ4v) is 3.02. The summed E-state index contributed by atoms with van der Waals surface area (Å²) >= 11 is 18.3. The Balaban J connectivity index is 2.24. The Hall–Kier alpha value is 0.0500. The van der Waals surface area contributed by atoms with Gasteiger partial charge in [-0.2, -0.15) is 0 Å². The minimum Gasteiger partial charge on any atom is -0.356 e. The second-order valence-corrected chi connectivity index (χ2v) is 6.63. The summed E-state index contributed by atoms with van der Waals surface area (Å²) in [6, 6.07) is 9.72. The van der Waals surface area contributed by atoms with E-state index >= 15 is 0 Å². The van der Waals surface area contributed by atoms with Crippen LogP contribution >= 0.6 is 34.8 Å². The number of epoxide rings is 1. The van der Waals surface area contributed by atoms with Crippen LogP contribution in [0.4, 0.5) is 0 Å². The van der Waals surface area contributed by atoms with Gasteiger partial charge in [-0.1, -0.05) is 84.9 Å². The Morgan fingerprint density at radius 2 is 1.88 bits per heavy atom. The standard InChI is InChI=1S/C13H15Cl3O/c1-2-3-9-11-12(17-11,13(14,15)16)10-7-5-4-6-8-10/h4-8,11H,2-3,9H2,1H3. The van der Waals surface area contributed by atoms with Gasteiger partial charge in [0.15, 0.2) is 5.60 Å². The molecule has 0 amide bonds. The molecule has 4 heteroatoms. The van der Waals surface area contributed by atoms with E-state index in [1.165, 1.54) is 0 Å². The molecule has 1 saturated heterocycles. The van der Waals surface area contributed by atoms with E-state index in [2.05, 4.69) is 6.92 Å². The van der Waals surface area contributed by atoms with Crippen LogP contribution in [-0.2, 0) is 10.3 Å². The lowest BCUT2D eigenvalue weighted by Gasteiger charge is -2.22. The van der Waals surface area contributed by atoms with Crippen LogP contribution in [0.25, 0.3) is 0 Å². The van der Waals surface area contributed by atoms with Crippen molar-refractivity contribution in [3.8, 4) is 0 Å². The highest BCUT2D eigenvalue weighted by Crippen LogP contribution is 2.61. The van der Waals surface area contributed by atoms with Gasteiger partial charge in [0.1, 0.15) is 0 Å². The van der Waals surface area contributed by atoms with E-state index in [0.29, 0.717) is 0 Å². The Labute approximate surface area is 117 Å². The summed E-state index contributed by atoms with van der Waals surface area (Å²) < 4.78 is 4.34. The van der Waals surface area contributed by atoms with E-state index < -0.39 is 9.39 Å². The number of hydrogen-bond acceptors (Lipinski definition) is 1. The molecule has 1 nitrogen and oxygen atoms in total. The zero-order valence-electron chi connectivity index (χ0n) is 9.63. The van der Waals surface area contributed by atoms with Crippen molar-refractivity contribution in [3.63, 3.8) is 0 Å². The fourth-order valence-electron chi connectivity index (χ4n) is 2.19. The number of alkyl halides is 3. The first-order valence-electron chi connectivity index (χ1n) is 5.82. The van der Waals surface area contributed by atoms with Crippen molar-refractivity contribution in [2.45, 2.75) is 41.7 Å². The van der Waals surface area contributed by atoms with Gasteiger partial charge in [-0.25, -0.2) is 0 Å². The summed E-state index contributed by atoms with van der Waals surface area (Å²) in [6.07, 6.45) is 3.14. The van der Waals surface area contributed by atoms with Gasteiger partial charge in [0.2, 0.25) is 3.79 Å². The van der Waals surface area contributed by atoms with Gasteiger partial charge < -0.3 is 4.74 Å². The predicted molar refractivity (Wildman–Crippen MR) is 72.8 cm³/mol. The third-order valence-corrected chi connectivity index (χ3v) is 4.01. The molecule has 1 aliphatic rings. The van der Waals surface area contributed by atoms with E-state index in [9.17, 15) is 0 Å². The zero-order valence-corrected chi connectivity index (χ0v) is 11.9. The van der Waals surface area contributed by atoms with Crippen LogP contribution in [0.3, 0.4) is 0 Å². The molecule has 0 aromatic heterocycles. The second kappa shape index (κ2) is 4.97. The van der Waals surface area contributed by atoms with E-state index in [4.69, 9.17) is 39.5 Å². The number of halogens is 3. The normalized spacial score (nSPS) is 28.1. The van der Waals surface area contributed by atoms with Crippen LogP contribution in [0.1, 0.15) is 31.7 Å². The molecule has 2 unspecified atom stereocenters. The second-order valence-electron chi connectivity index (χ2n) is 4.35. The van der Waals surface area contributed by atoms with Crippen LogP contribution < -0.4 is 0 Å². The molecular weight excluding hydrogens is 279 g/mol. The maximum atomic E-state index is 6.10. The molecule has 1 heterocycles. The summed E-state index contributed by atoms with van der Waals surface area (Å²) in [5.41, 5.74) is 0.190. The Kier molecular flexibility index (Phi) is 3.94. The number of hydrogen-bond donors (Lipinski definition) is 0. The molecule has 2 atom stereocenters. The van der Waals surface area contributed by atoms with Crippen LogP contribution in [-0.4, -0.2) is 9.90 Å². The molecule has 0 spiro atoms. The number of unbranched alkanes of at least 4 members (excludes halogenated alkanes) is 1. The number of ether oxygens (including phenoxy) is 1. The van der Waals surface area contributed by atoms with Gasteiger partial charge in [0, 0.05) is 0 Å². The molecule has 0 radical (unpaired) electrons. The van der Waals surface area contributed by atoms with Crippen molar-refractivity contribution in [2.24, 2.45) is 0 Å². The molecule has 94 valence electrons. The Morgan fingerprint density at radius 3 is 2.41 bits per heavy atom. The Bertz CT molecular complexity index is 374. The van der Waals surface area contributed by atoms with Crippen molar-refractivity contribution >= 4 is 34.8 Å². The molecule has 1 aromatic rings. The third-order valence-electron chi connectivity index (χ3n) is 3.17. The van der Waals surface area contributed by atoms with Gasteiger partial charge >= 0.3 is 0 Å². The van der Waals surface area contributed by atoms with Crippen molar-refractivity contribution in [1.82, 2.24) is 0 Å². The summed E-state index contributed by atoms with van der Waals surface area (Å²) in [5, 5.41) is 0. The molecule has 1 aliphatic heterocycles. The lowest BCUT2D eigenvalue weighted by atomic mass is 9.94. The van der Waals surface area contributed by atoms with E-state index in [-0.39, 0.29) is 6.10 Å². The summed E-state index contributed by atoms with van der Waals surface area (Å²) in [4.78, 5) is 0. The lowest BCUT2D eigenvalue weighted by Crippen LogP contribution is -2.29. The lowest BCUT2D eigenvalue weighted by molar-refractivity contribution is 0.294. The highest BCUT2D eigenvalue weighted by atomic mass is 35.6. The fraction of sp³-hybridized carbons (Fsp3) is 0.538. The molecule has 2 rings (SSSR count). The number of rotatable bonds is 4. The van der Waals surface area contributed by atoms with Gasteiger partial charge in [-0.05, 0) is 12.0 Å². The van der Waals surface area contributed by atoms with Crippen molar-refractivity contribution in [1.29, 1.82) is 0 Å². The molecule has 1 aromatic carbocycles. The van der Waals surface area contributed by atoms with Gasteiger partial charge in [-0.15, -0.1) is 0 Å². The van der Waals surface area contributed by atoms with E-state index in [0.717, 1.165) is 24.8 Å². The first kappa shape index (κ1) is 13.5. The highest BCUT2D eigenvalue weighted by molar-refractivity contribution is 6.68. The molecular formula is C13H15Cl3O. The molecule has 1 fully saturated rings. The van der Waals surface area contributed by atoms with Crippen molar-refractivity contribution in [2.75, 3.05) is 0 Å². The van der Waals surface area contributed by atoms with Crippen molar-refractivity contribution < 1.29 is 4.74 Å². The molecule has 0 bridgehead atoms. The van der Waals surface area contributed by atoms with Crippen LogP contribution in [0.2, 0.25) is 0 Å². The van der Waals surface area contributed by atoms with Crippen LogP contribution in [0.15, 0.2) is 30.3 Å². The van der Waals surface area contributed by atoms with Gasteiger partial charge in [0.05, 0.1) is 6.10 Å². The summed E-state index contributed by atoms with van der Waals surface area (Å²) in [7, 11) is 0. The third kappa shape index (κ3) is 2.44. The maximum absolute atomic E-state index is 6.10. The van der Waals surface area contributed by atoms with Crippen molar-refractivity contribution in [3.05, 3.63) is 35.9 Å². The van der Waals surface area contributed by atoms with E-state index in [1.54, 1.807) is 0 Å². The molecule has 0 aliphatic carbocycles. The average Bonchev–Trinajstić information content (AvgIpc) is 3.03. The zero-order chi connectivity index (χ0) is 12.5. The Morgan fingerprint density at radius 1 is 1.24 bits per heavy atom. The van der Waals surface area contributed by atoms with Crippen LogP contribution in [0, 0.1) is 0 Å². The minimum absolute atomic E-state index is 0.0114. The average molecular weight is 294 g/mol. The predicted octanol–water partition coefficient (Wildman–Crippen LogP) is 4.84. The molecule has 0 N–H and O–H groups in total. The molecule has 17 heavy (non-hydrogen) atoms. The monoisotopic (exact) mass is 292 g/mol. The maximum Gasteiger partial charge on any atom is 0.225 e. The smallest absolute Gasteiger partial charge is 0.225 e. The topological polar surface area (TPSA) is 12.5 Å². The summed E-state index contributed by atoms with van der Waals surface area (Å²) in [6.45, 7) is 2.14. The SMILES string of the molecule is CCCCC1OC1(c1ccccc1)C(Cl)(Cl)Cl. The van der Waals surface area contributed by atoms with Gasteiger partial charge in [-0.3, -0.25) is 0 Å². The quantitative estimate of drug-likeness (QED) is 0.571. The molecule has 0 saturated carbocycles. The number of benzene rings is 1. The first-order valence-corrected chi connectivity index (χ1v) is 6.96. The summed E-state index contributed by atoms with van der Waals surface area (Å²) in [5.74, 6) is 0. The van der Waals surface area contributed by atoms with Crippen LogP contribution in [0.5, 0.6) is 0 Å².